The van der Waals surface area contributed by atoms with Crippen LogP contribution in [0.3, 0.4) is 0 Å². The Morgan fingerprint density at radius 2 is 1.90 bits per heavy atom. The summed E-state index contributed by atoms with van der Waals surface area (Å²) in [6.07, 6.45) is 2.27. The van der Waals surface area contributed by atoms with E-state index in [0.29, 0.717) is 6.04 Å². The van der Waals surface area contributed by atoms with Crippen LogP contribution < -0.4 is 4.90 Å². The van der Waals surface area contributed by atoms with E-state index in [-0.39, 0.29) is 5.82 Å². The van der Waals surface area contributed by atoms with Crippen LogP contribution in [0.5, 0.6) is 0 Å². The average molecular weight is 407 g/mol. The molecule has 0 bridgehead atoms. The number of likely N-dealkylation sites (tertiary alicyclic amines) is 1. The average Bonchev–Trinajstić information content (AvgIpc) is 3.21. The fourth-order valence-corrected chi connectivity index (χ4v) is 4.87. The normalized spacial score (nSPS) is 15.9. The topological polar surface area (TPSA) is 32.3 Å². The lowest BCUT2D eigenvalue weighted by molar-refractivity contribution is 0.249. The van der Waals surface area contributed by atoms with Crippen molar-refractivity contribution >= 4 is 38.1 Å². The number of halogens is 1. The van der Waals surface area contributed by atoms with E-state index in [1.807, 2.05) is 17.6 Å². The number of nitrogens with zero attached hydrogens (tertiary/aromatic N) is 4. The second kappa shape index (κ2) is 7.69. The lowest BCUT2D eigenvalue weighted by Crippen LogP contribution is -2.43. The Morgan fingerprint density at radius 1 is 1.07 bits per heavy atom. The molecule has 1 fully saturated rings. The van der Waals surface area contributed by atoms with Gasteiger partial charge in [-0.3, -0.25) is 4.98 Å². The highest BCUT2D eigenvalue weighted by Gasteiger charge is 2.24. The maximum atomic E-state index is 13.5. The summed E-state index contributed by atoms with van der Waals surface area (Å²) in [4.78, 5) is 14.1. The summed E-state index contributed by atoms with van der Waals surface area (Å²) in [5.74, 6) is -0.224. The van der Waals surface area contributed by atoms with Crippen LogP contribution in [-0.2, 0) is 6.54 Å². The van der Waals surface area contributed by atoms with Crippen molar-refractivity contribution in [1.29, 1.82) is 0 Å². The molecule has 1 aliphatic rings. The van der Waals surface area contributed by atoms with Gasteiger partial charge in [0.25, 0.3) is 0 Å². The molecule has 0 N–H and O–H groups in total. The van der Waals surface area contributed by atoms with E-state index in [0.717, 1.165) is 54.6 Å². The largest absolute Gasteiger partial charge is 0.363 e. The van der Waals surface area contributed by atoms with Gasteiger partial charge in [-0.05, 0) is 75.4 Å². The van der Waals surface area contributed by atoms with Crippen LogP contribution in [0.1, 0.15) is 18.5 Å². The summed E-state index contributed by atoms with van der Waals surface area (Å²) in [5, 5.41) is 0.839. The molecule has 0 atom stereocenters. The van der Waals surface area contributed by atoms with Crippen molar-refractivity contribution in [2.75, 3.05) is 25.0 Å². The van der Waals surface area contributed by atoms with E-state index >= 15 is 0 Å². The number of fused-ring (bicyclic) bond motifs is 2. The van der Waals surface area contributed by atoms with Gasteiger partial charge < -0.3 is 9.80 Å². The first-order valence-corrected chi connectivity index (χ1v) is 10.9. The van der Waals surface area contributed by atoms with Crippen LogP contribution in [0, 0.1) is 5.82 Å². The molecule has 5 rings (SSSR count). The van der Waals surface area contributed by atoms with E-state index < -0.39 is 0 Å². The predicted molar refractivity (Wildman–Crippen MR) is 118 cm³/mol. The predicted octanol–water partition coefficient (Wildman–Crippen LogP) is 5.08. The molecule has 0 aliphatic carbocycles. The molecule has 0 spiro atoms. The lowest BCUT2D eigenvalue weighted by atomic mass is 10.0. The molecule has 3 heterocycles. The minimum absolute atomic E-state index is 0.224. The van der Waals surface area contributed by atoms with Crippen molar-refractivity contribution in [1.82, 2.24) is 14.9 Å². The van der Waals surface area contributed by atoms with Gasteiger partial charge in [-0.1, -0.05) is 6.07 Å². The van der Waals surface area contributed by atoms with Crippen LogP contribution in [0.15, 0.2) is 54.0 Å². The molecule has 2 aromatic heterocycles. The van der Waals surface area contributed by atoms with Gasteiger partial charge in [-0.25, -0.2) is 9.37 Å². The molecule has 0 saturated carbocycles. The first-order chi connectivity index (χ1) is 14.2. The molecule has 0 unspecified atom stereocenters. The van der Waals surface area contributed by atoms with Gasteiger partial charge in [0.05, 0.1) is 33.5 Å². The molecular formula is C23H23FN4S. The molecule has 4 aromatic rings. The van der Waals surface area contributed by atoms with E-state index in [2.05, 4.69) is 40.0 Å². The minimum Gasteiger partial charge on any atom is -0.363 e. The molecule has 2 aromatic carbocycles. The quantitative estimate of drug-likeness (QED) is 0.473. The zero-order chi connectivity index (χ0) is 19.8. The van der Waals surface area contributed by atoms with Crippen molar-refractivity contribution in [3.05, 3.63) is 65.6 Å². The number of piperidine rings is 1. The van der Waals surface area contributed by atoms with Crippen molar-refractivity contribution in [2.45, 2.75) is 25.4 Å². The van der Waals surface area contributed by atoms with Crippen LogP contribution in [0.4, 0.5) is 10.1 Å². The van der Waals surface area contributed by atoms with Gasteiger partial charge in [0.2, 0.25) is 0 Å². The molecule has 0 amide bonds. The maximum absolute atomic E-state index is 13.5. The highest BCUT2D eigenvalue weighted by Crippen LogP contribution is 2.30. The van der Waals surface area contributed by atoms with Gasteiger partial charge in [-0.15, -0.1) is 11.3 Å². The number of thiazole rings is 1. The van der Waals surface area contributed by atoms with Gasteiger partial charge in [0.15, 0.2) is 0 Å². The van der Waals surface area contributed by atoms with Crippen molar-refractivity contribution < 1.29 is 4.39 Å². The van der Waals surface area contributed by atoms with Crippen molar-refractivity contribution in [3.63, 3.8) is 0 Å². The zero-order valence-corrected chi connectivity index (χ0v) is 17.2. The Morgan fingerprint density at radius 3 is 2.76 bits per heavy atom. The smallest absolute Gasteiger partial charge is 0.123 e. The summed E-state index contributed by atoms with van der Waals surface area (Å²) >= 11 is 1.68. The van der Waals surface area contributed by atoms with E-state index in [9.17, 15) is 4.39 Å². The third-order valence-corrected chi connectivity index (χ3v) is 6.61. The molecule has 1 aliphatic heterocycles. The summed E-state index contributed by atoms with van der Waals surface area (Å²) in [7, 11) is 2.19. The highest BCUT2D eigenvalue weighted by atomic mass is 32.1. The van der Waals surface area contributed by atoms with Crippen molar-refractivity contribution in [2.24, 2.45) is 0 Å². The van der Waals surface area contributed by atoms with E-state index in [4.69, 9.17) is 4.98 Å². The first-order valence-electron chi connectivity index (χ1n) is 9.99. The van der Waals surface area contributed by atoms with E-state index in [1.165, 1.54) is 16.5 Å². The maximum Gasteiger partial charge on any atom is 0.123 e. The third-order valence-electron chi connectivity index (χ3n) is 5.82. The number of aromatic nitrogens is 2. The highest BCUT2D eigenvalue weighted by molar-refractivity contribution is 7.16. The van der Waals surface area contributed by atoms with Gasteiger partial charge >= 0.3 is 0 Å². The van der Waals surface area contributed by atoms with Gasteiger partial charge in [-0.2, -0.15) is 0 Å². The Bertz CT molecular complexity index is 1150. The molecule has 0 radical (unpaired) electrons. The SMILES string of the molecule is CN1CCC(N(Cc2ccc3cc(F)ccc3n2)c2ccc3ncsc3c2)CC1. The van der Waals surface area contributed by atoms with Gasteiger partial charge in [0.1, 0.15) is 5.82 Å². The fourth-order valence-electron chi connectivity index (χ4n) is 4.16. The number of rotatable bonds is 4. The molecular weight excluding hydrogens is 383 g/mol. The van der Waals surface area contributed by atoms with Crippen LogP contribution >= 0.6 is 11.3 Å². The zero-order valence-electron chi connectivity index (χ0n) is 16.4. The Balaban J connectivity index is 1.50. The number of hydrogen-bond acceptors (Lipinski definition) is 5. The Kier molecular flexibility index (Phi) is 4.89. The Hall–Kier alpha value is -2.57. The summed E-state index contributed by atoms with van der Waals surface area (Å²) < 4.78 is 14.7. The van der Waals surface area contributed by atoms with E-state index in [1.54, 1.807) is 23.5 Å². The first kappa shape index (κ1) is 18.5. The Labute approximate surface area is 173 Å². The number of hydrogen-bond donors (Lipinski definition) is 0. The molecule has 29 heavy (non-hydrogen) atoms. The summed E-state index contributed by atoms with van der Waals surface area (Å²) in [5.41, 5.74) is 6.01. The number of anilines is 1. The van der Waals surface area contributed by atoms with Crippen molar-refractivity contribution in [3.8, 4) is 0 Å². The van der Waals surface area contributed by atoms with Crippen LogP contribution in [0.2, 0.25) is 0 Å². The summed E-state index contributed by atoms with van der Waals surface area (Å²) in [6, 6.07) is 15.8. The molecule has 1 saturated heterocycles. The third kappa shape index (κ3) is 3.82. The monoisotopic (exact) mass is 406 g/mol. The number of benzene rings is 2. The molecule has 148 valence electrons. The molecule has 6 heteroatoms. The van der Waals surface area contributed by atoms with Crippen LogP contribution in [0.25, 0.3) is 21.1 Å². The lowest BCUT2D eigenvalue weighted by Gasteiger charge is -2.38. The molecule has 4 nitrogen and oxygen atoms in total. The van der Waals surface area contributed by atoms with Gasteiger partial charge in [0, 0.05) is 17.1 Å². The second-order valence-corrected chi connectivity index (χ2v) is 8.69. The van der Waals surface area contributed by atoms with Crippen LogP contribution in [-0.4, -0.2) is 41.0 Å². The standard InChI is InChI=1S/C23H23FN4S/c1-27-10-8-19(9-11-27)28(20-5-7-22-23(13-20)29-15-25-22)14-18-4-2-16-12-17(24)3-6-21(16)26-18/h2-7,12-13,15,19H,8-11,14H2,1H3. The fraction of sp³-hybridized carbons (Fsp3) is 0.304. The number of pyridine rings is 1. The second-order valence-electron chi connectivity index (χ2n) is 7.81. The summed E-state index contributed by atoms with van der Waals surface area (Å²) in [6.45, 7) is 2.95. The minimum atomic E-state index is -0.224.